The molecule has 0 radical (unpaired) electrons. The zero-order chi connectivity index (χ0) is 14.1. The summed E-state index contributed by atoms with van der Waals surface area (Å²) in [5, 5.41) is 0. The van der Waals surface area contributed by atoms with Crippen molar-refractivity contribution in [2.45, 2.75) is 58.3 Å². The molecule has 0 unspecified atom stereocenters. The van der Waals surface area contributed by atoms with E-state index in [4.69, 9.17) is 4.74 Å². The molecule has 1 aliphatic rings. The molecule has 1 fully saturated rings. The second-order valence-corrected chi connectivity index (χ2v) is 5.41. The number of hydrogen-bond donors (Lipinski definition) is 0. The van der Waals surface area contributed by atoms with E-state index < -0.39 is 0 Å². The molecule has 1 amide bonds. The highest BCUT2D eigenvalue weighted by Gasteiger charge is 2.17. The van der Waals surface area contributed by atoms with Crippen LogP contribution < -0.4 is 0 Å². The fourth-order valence-corrected chi connectivity index (χ4v) is 2.61. The summed E-state index contributed by atoms with van der Waals surface area (Å²) in [6.07, 6.45) is 8.45. The highest BCUT2D eigenvalue weighted by molar-refractivity contribution is 5.77. The molecule has 0 saturated heterocycles. The summed E-state index contributed by atoms with van der Waals surface area (Å²) in [5.41, 5.74) is 0. The maximum Gasteiger partial charge on any atom is 0.307 e. The molecule has 0 aromatic rings. The topological polar surface area (TPSA) is 46.6 Å². The summed E-state index contributed by atoms with van der Waals surface area (Å²) >= 11 is 0. The van der Waals surface area contributed by atoms with Crippen LogP contribution in [0.25, 0.3) is 0 Å². The van der Waals surface area contributed by atoms with E-state index in [1.807, 2.05) is 0 Å². The first kappa shape index (κ1) is 16.0. The van der Waals surface area contributed by atoms with Gasteiger partial charge in [0.05, 0.1) is 13.0 Å². The maximum atomic E-state index is 11.9. The van der Waals surface area contributed by atoms with Crippen molar-refractivity contribution >= 4 is 11.9 Å². The van der Waals surface area contributed by atoms with Gasteiger partial charge in [-0.25, -0.2) is 0 Å². The summed E-state index contributed by atoms with van der Waals surface area (Å²) in [6.45, 7) is 2.65. The quantitative estimate of drug-likeness (QED) is 0.668. The summed E-state index contributed by atoms with van der Waals surface area (Å²) in [5.74, 6) is 0.653. The molecule has 0 N–H and O–H groups in total. The SMILES string of the molecule is CCOC(=O)CCN(C)C(=O)CCC1CCCCC1. The van der Waals surface area contributed by atoms with E-state index in [9.17, 15) is 9.59 Å². The van der Waals surface area contributed by atoms with E-state index in [1.165, 1.54) is 32.1 Å². The summed E-state index contributed by atoms with van der Waals surface area (Å²) < 4.78 is 4.85. The minimum absolute atomic E-state index is 0.148. The zero-order valence-corrected chi connectivity index (χ0v) is 12.3. The van der Waals surface area contributed by atoms with Crippen molar-refractivity contribution in [3.05, 3.63) is 0 Å². The fraction of sp³-hybridized carbons (Fsp3) is 0.867. The van der Waals surface area contributed by atoms with E-state index in [0.29, 0.717) is 26.0 Å². The van der Waals surface area contributed by atoms with Crippen LogP contribution >= 0.6 is 0 Å². The summed E-state index contributed by atoms with van der Waals surface area (Å²) in [7, 11) is 1.77. The molecule has 0 atom stereocenters. The molecule has 0 aromatic heterocycles. The lowest BCUT2D eigenvalue weighted by atomic mass is 9.86. The molecule has 110 valence electrons. The van der Waals surface area contributed by atoms with Gasteiger partial charge >= 0.3 is 5.97 Å². The van der Waals surface area contributed by atoms with Crippen LogP contribution in [-0.4, -0.2) is 37.0 Å². The Kier molecular flexibility index (Phi) is 7.53. The summed E-state index contributed by atoms with van der Waals surface area (Å²) in [6, 6.07) is 0. The summed E-state index contributed by atoms with van der Waals surface area (Å²) in [4.78, 5) is 24.8. The number of carbonyl (C=O) groups excluding carboxylic acids is 2. The van der Waals surface area contributed by atoms with Crippen LogP contribution in [0.3, 0.4) is 0 Å². The van der Waals surface area contributed by atoms with Crippen molar-refractivity contribution < 1.29 is 14.3 Å². The molecular formula is C15H27NO3. The van der Waals surface area contributed by atoms with Crippen molar-refractivity contribution in [2.24, 2.45) is 5.92 Å². The first-order valence-corrected chi connectivity index (χ1v) is 7.53. The van der Waals surface area contributed by atoms with Crippen molar-refractivity contribution in [2.75, 3.05) is 20.2 Å². The van der Waals surface area contributed by atoms with Crippen molar-refractivity contribution in [3.63, 3.8) is 0 Å². The Hall–Kier alpha value is -1.06. The molecule has 1 rings (SSSR count). The number of hydrogen-bond acceptors (Lipinski definition) is 3. The molecule has 1 saturated carbocycles. The van der Waals surface area contributed by atoms with E-state index in [2.05, 4.69) is 0 Å². The van der Waals surface area contributed by atoms with E-state index >= 15 is 0 Å². The van der Waals surface area contributed by atoms with Crippen LogP contribution in [0.15, 0.2) is 0 Å². The van der Waals surface area contributed by atoms with Crippen LogP contribution in [0.2, 0.25) is 0 Å². The highest BCUT2D eigenvalue weighted by Crippen LogP contribution is 2.27. The second kappa shape index (κ2) is 8.94. The lowest BCUT2D eigenvalue weighted by molar-refractivity contribution is -0.143. The number of esters is 1. The highest BCUT2D eigenvalue weighted by atomic mass is 16.5. The Balaban J connectivity index is 2.15. The smallest absolute Gasteiger partial charge is 0.307 e. The standard InChI is InChI=1S/C15H27NO3/c1-3-19-15(18)11-12-16(2)14(17)10-9-13-7-5-4-6-8-13/h13H,3-12H2,1-2H3. The molecule has 4 nitrogen and oxygen atoms in total. The number of ether oxygens (including phenoxy) is 1. The van der Waals surface area contributed by atoms with Gasteiger partial charge < -0.3 is 9.64 Å². The van der Waals surface area contributed by atoms with E-state index in [-0.39, 0.29) is 11.9 Å². The Morgan fingerprint density at radius 3 is 2.47 bits per heavy atom. The Bertz CT molecular complexity index is 285. The monoisotopic (exact) mass is 269 g/mol. The molecule has 4 heteroatoms. The molecule has 0 aromatic carbocycles. The number of carbonyl (C=O) groups is 2. The Labute approximate surface area is 116 Å². The fourth-order valence-electron chi connectivity index (χ4n) is 2.61. The maximum absolute atomic E-state index is 11.9. The first-order valence-electron chi connectivity index (χ1n) is 7.53. The molecule has 0 aliphatic heterocycles. The molecule has 0 bridgehead atoms. The van der Waals surface area contributed by atoms with Gasteiger partial charge in [-0.3, -0.25) is 9.59 Å². The predicted molar refractivity (Wildman–Crippen MR) is 74.7 cm³/mol. The lowest BCUT2D eigenvalue weighted by Gasteiger charge is -2.22. The number of amides is 1. The zero-order valence-electron chi connectivity index (χ0n) is 12.3. The van der Waals surface area contributed by atoms with Gasteiger partial charge in [0, 0.05) is 20.0 Å². The van der Waals surface area contributed by atoms with Gasteiger partial charge in [-0.2, -0.15) is 0 Å². The molecule has 19 heavy (non-hydrogen) atoms. The Morgan fingerprint density at radius 2 is 1.84 bits per heavy atom. The van der Waals surface area contributed by atoms with Gasteiger partial charge in [0.25, 0.3) is 0 Å². The second-order valence-electron chi connectivity index (χ2n) is 5.41. The average molecular weight is 269 g/mol. The third-order valence-electron chi connectivity index (χ3n) is 3.87. The van der Waals surface area contributed by atoms with Crippen molar-refractivity contribution in [3.8, 4) is 0 Å². The van der Waals surface area contributed by atoms with Crippen LogP contribution in [0, 0.1) is 5.92 Å². The van der Waals surface area contributed by atoms with Crippen LogP contribution in [0.1, 0.15) is 58.3 Å². The minimum Gasteiger partial charge on any atom is -0.466 e. The largest absolute Gasteiger partial charge is 0.466 e. The van der Waals surface area contributed by atoms with Crippen molar-refractivity contribution in [1.29, 1.82) is 0 Å². The van der Waals surface area contributed by atoms with Crippen LogP contribution in [-0.2, 0) is 14.3 Å². The van der Waals surface area contributed by atoms with Gasteiger partial charge in [-0.1, -0.05) is 32.1 Å². The first-order chi connectivity index (χ1) is 9.13. The number of rotatable bonds is 7. The molecular weight excluding hydrogens is 242 g/mol. The van der Waals surface area contributed by atoms with E-state index in [0.717, 1.165) is 12.3 Å². The van der Waals surface area contributed by atoms with Gasteiger partial charge in [-0.05, 0) is 19.3 Å². The van der Waals surface area contributed by atoms with Gasteiger partial charge in [0.2, 0.25) is 5.91 Å². The molecule has 0 heterocycles. The Morgan fingerprint density at radius 1 is 1.16 bits per heavy atom. The minimum atomic E-state index is -0.227. The number of nitrogens with zero attached hydrogens (tertiary/aromatic N) is 1. The van der Waals surface area contributed by atoms with Crippen molar-refractivity contribution in [1.82, 2.24) is 4.90 Å². The van der Waals surface area contributed by atoms with Gasteiger partial charge in [0.15, 0.2) is 0 Å². The third-order valence-corrected chi connectivity index (χ3v) is 3.87. The average Bonchev–Trinajstić information content (AvgIpc) is 2.43. The molecule has 1 aliphatic carbocycles. The predicted octanol–water partition coefficient (Wildman–Crippen LogP) is 2.76. The molecule has 0 spiro atoms. The van der Waals surface area contributed by atoms with E-state index in [1.54, 1.807) is 18.9 Å². The normalized spacial score (nSPS) is 16.1. The third kappa shape index (κ3) is 6.60. The lowest BCUT2D eigenvalue weighted by Crippen LogP contribution is -2.29. The van der Waals surface area contributed by atoms with Gasteiger partial charge in [0.1, 0.15) is 0 Å². The van der Waals surface area contributed by atoms with Crippen LogP contribution in [0.5, 0.6) is 0 Å². The van der Waals surface area contributed by atoms with Crippen LogP contribution in [0.4, 0.5) is 0 Å². The van der Waals surface area contributed by atoms with Gasteiger partial charge in [-0.15, -0.1) is 0 Å².